The van der Waals surface area contributed by atoms with Crippen LogP contribution in [-0.2, 0) is 11.3 Å². The van der Waals surface area contributed by atoms with E-state index in [0.29, 0.717) is 18.8 Å². The first-order valence-electron chi connectivity index (χ1n) is 5.12. The van der Waals surface area contributed by atoms with Gasteiger partial charge in [-0.15, -0.1) is 15.3 Å². The minimum Gasteiger partial charge on any atom is -0.346 e. The number of aryl methyl sites for hydroxylation is 1. The van der Waals surface area contributed by atoms with Gasteiger partial charge in [0, 0.05) is 12.6 Å². The van der Waals surface area contributed by atoms with Crippen LogP contribution in [0.15, 0.2) is 12.4 Å². The predicted octanol–water partition coefficient (Wildman–Crippen LogP) is -0.941. The fourth-order valence-corrected chi connectivity index (χ4v) is 1.30. The lowest BCUT2D eigenvalue weighted by Gasteiger charge is -2.09. The largest absolute Gasteiger partial charge is 0.346 e. The second kappa shape index (κ2) is 5.14. The smallest absolute Gasteiger partial charge is 0.222 e. The zero-order valence-corrected chi connectivity index (χ0v) is 9.24. The molecule has 0 radical (unpaired) electrons. The van der Waals surface area contributed by atoms with E-state index in [1.165, 1.54) is 0 Å². The quantitative estimate of drug-likeness (QED) is 0.692. The van der Waals surface area contributed by atoms with Crippen LogP contribution in [0.5, 0.6) is 0 Å². The lowest BCUT2D eigenvalue weighted by atomic mass is 10.3. The molecule has 0 saturated carbocycles. The molecule has 2 rings (SSSR count). The molecule has 2 heterocycles. The molecular weight excluding hydrogens is 224 g/mol. The Kier molecular flexibility index (Phi) is 3.38. The molecule has 2 aromatic rings. The minimum absolute atomic E-state index is 0.0993. The summed E-state index contributed by atoms with van der Waals surface area (Å²) in [6, 6.07) is -0.267. The summed E-state index contributed by atoms with van der Waals surface area (Å²) >= 11 is 0. The van der Waals surface area contributed by atoms with Crippen LogP contribution in [0, 0.1) is 0 Å². The van der Waals surface area contributed by atoms with Crippen molar-refractivity contribution in [3.63, 3.8) is 0 Å². The number of H-pyrrole nitrogens is 1. The minimum atomic E-state index is -0.267. The third-order valence-corrected chi connectivity index (χ3v) is 2.17. The summed E-state index contributed by atoms with van der Waals surface area (Å²) in [5.74, 6) is 0.358. The molecule has 17 heavy (non-hydrogen) atoms. The second-order valence-electron chi connectivity index (χ2n) is 3.48. The maximum atomic E-state index is 11.6. The molecule has 2 aromatic heterocycles. The summed E-state index contributed by atoms with van der Waals surface area (Å²) in [6.45, 7) is 2.28. The zero-order chi connectivity index (χ0) is 12.1. The van der Waals surface area contributed by atoms with Crippen molar-refractivity contribution in [2.75, 3.05) is 0 Å². The Hall–Kier alpha value is -2.32. The highest BCUT2D eigenvalue weighted by Gasteiger charge is 2.13. The van der Waals surface area contributed by atoms with Crippen LogP contribution >= 0.6 is 0 Å². The summed E-state index contributed by atoms with van der Waals surface area (Å²) in [5.41, 5.74) is 0. The number of nitrogens with one attached hydrogen (secondary N) is 2. The number of carbonyl (C=O) groups excluding carboxylic acids is 1. The zero-order valence-electron chi connectivity index (χ0n) is 9.24. The highest BCUT2D eigenvalue weighted by atomic mass is 16.1. The lowest BCUT2D eigenvalue weighted by Crippen LogP contribution is -2.28. The van der Waals surface area contributed by atoms with Gasteiger partial charge in [-0.3, -0.25) is 9.48 Å². The van der Waals surface area contributed by atoms with Gasteiger partial charge >= 0.3 is 0 Å². The molecule has 1 atom stereocenters. The van der Waals surface area contributed by atoms with Crippen molar-refractivity contribution in [1.82, 2.24) is 40.9 Å². The van der Waals surface area contributed by atoms with Crippen LogP contribution < -0.4 is 5.32 Å². The van der Waals surface area contributed by atoms with Crippen molar-refractivity contribution in [2.24, 2.45) is 0 Å². The van der Waals surface area contributed by atoms with E-state index in [4.69, 9.17) is 0 Å². The monoisotopic (exact) mass is 236 g/mol. The third kappa shape index (κ3) is 3.06. The first kappa shape index (κ1) is 11.2. The highest BCUT2D eigenvalue weighted by Crippen LogP contribution is 2.03. The summed E-state index contributed by atoms with van der Waals surface area (Å²) in [5, 5.41) is 23.5. The molecule has 0 aromatic carbocycles. The van der Waals surface area contributed by atoms with Crippen LogP contribution in [0.1, 0.15) is 25.2 Å². The van der Waals surface area contributed by atoms with E-state index in [0.717, 1.165) is 0 Å². The van der Waals surface area contributed by atoms with E-state index in [-0.39, 0.29) is 11.9 Å². The maximum absolute atomic E-state index is 11.6. The van der Waals surface area contributed by atoms with Gasteiger partial charge in [-0.05, 0) is 6.92 Å². The summed E-state index contributed by atoms with van der Waals surface area (Å²) in [7, 11) is 0. The Morgan fingerprint density at radius 1 is 1.65 bits per heavy atom. The number of hydrogen-bond donors (Lipinski definition) is 2. The van der Waals surface area contributed by atoms with Crippen LogP contribution in [0.3, 0.4) is 0 Å². The molecule has 1 amide bonds. The van der Waals surface area contributed by atoms with E-state index in [2.05, 4.69) is 36.3 Å². The van der Waals surface area contributed by atoms with Gasteiger partial charge in [0.2, 0.25) is 5.91 Å². The fourth-order valence-electron chi connectivity index (χ4n) is 1.30. The molecule has 2 N–H and O–H groups in total. The molecule has 9 heteroatoms. The summed E-state index contributed by atoms with van der Waals surface area (Å²) in [6.07, 6.45) is 3.60. The van der Waals surface area contributed by atoms with Crippen LogP contribution in [0.2, 0.25) is 0 Å². The van der Waals surface area contributed by atoms with E-state index in [1.54, 1.807) is 24.0 Å². The maximum Gasteiger partial charge on any atom is 0.222 e. The highest BCUT2D eigenvalue weighted by molar-refractivity contribution is 5.76. The number of nitrogens with zero attached hydrogens (tertiary/aromatic N) is 6. The van der Waals surface area contributed by atoms with Gasteiger partial charge in [0.05, 0.1) is 18.8 Å². The van der Waals surface area contributed by atoms with Crippen molar-refractivity contribution in [2.45, 2.75) is 25.9 Å². The number of amides is 1. The molecule has 0 fully saturated rings. The number of tetrazole rings is 1. The predicted molar refractivity (Wildman–Crippen MR) is 55.4 cm³/mol. The average Bonchev–Trinajstić information content (AvgIpc) is 2.99. The van der Waals surface area contributed by atoms with Crippen molar-refractivity contribution >= 4 is 5.91 Å². The number of hydrogen-bond acceptors (Lipinski definition) is 6. The van der Waals surface area contributed by atoms with Gasteiger partial charge in [0.25, 0.3) is 0 Å². The standard InChI is InChI=1S/C8H12N8O/c1-6(8-11-13-14-12-8)10-7(17)2-4-16-5-3-9-15-16/h3,5-6H,2,4H2,1H3,(H,10,17)(H,11,12,13,14). The van der Waals surface area contributed by atoms with E-state index >= 15 is 0 Å². The third-order valence-electron chi connectivity index (χ3n) is 2.17. The van der Waals surface area contributed by atoms with Crippen molar-refractivity contribution < 1.29 is 4.79 Å². The Balaban J connectivity index is 1.77. The Bertz CT molecular complexity index is 450. The van der Waals surface area contributed by atoms with Gasteiger partial charge < -0.3 is 5.32 Å². The van der Waals surface area contributed by atoms with Crippen LogP contribution in [0.4, 0.5) is 0 Å². The molecule has 0 saturated heterocycles. The Labute approximate surface area is 96.6 Å². The van der Waals surface area contributed by atoms with Crippen molar-refractivity contribution in [3.05, 3.63) is 18.2 Å². The normalized spacial score (nSPS) is 12.3. The summed E-state index contributed by atoms with van der Waals surface area (Å²) < 4.78 is 1.60. The summed E-state index contributed by atoms with van der Waals surface area (Å²) in [4.78, 5) is 11.6. The first-order valence-corrected chi connectivity index (χ1v) is 5.12. The number of aromatic amines is 1. The lowest BCUT2D eigenvalue weighted by molar-refractivity contribution is -0.122. The molecule has 0 spiro atoms. The molecule has 0 aliphatic heterocycles. The number of rotatable bonds is 5. The molecule has 0 bridgehead atoms. The van der Waals surface area contributed by atoms with E-state index < -0.39 is 0 Å². The van der Waals surface area contributed by atoms with Gasteiger partial charge in [-0.2, -0.15) is 5.21 Å². The van der Waals surface area contributed by atoms with Gasteiger partial charge in [-0.25, -0.2) is 0 Å². The van der Waals surface area contributed by atoms with Crippen molar-refractivity contribution in [3.8, 4) is 0 Å². The van der Waals surface area contributed by atoms with Crippen LogP contribution in [0.25, 0.3) is 0 Å². The molecule has 9 nitrogen and oxygen atoms in total. The molecule has 0 aliphatic rings. The van der Waals surface area contributed by atoms with Gasteiger partial charge in [-0.1, -0.05) is 10.4 Å². The number of aromatic nitrogens is 7. The Morgan fingerprint density at radius 3 is 3.18 bits per heavy atom. The van der Waals surface area contributed by atoms with Crippen molar-refractivity contribution in [1.29, 1.82) is 0 Å². The average molecular weight is 236 g/mol. The SMILES string of the molecule is CC(NC(=O)CCn1ccnn1)c1nn[nH]n1. The first-order chi connectivity index (χ1) is 8.25. The number of carbonyl (C=O) groups is 1. The van der Waals surface area contributed by atoms with E-state index in [1.807, 2.05) is 0 Å². The van der Waals surface area contributed by atoms with Gasteiger partial charge in [0.15, 0.2) is 5.82 Å². The molecular formula is C8H12N8O. The fraction of sp³-hybridized carbons (Fsp3) is 0.500. The molecule has 0 aliphatic carbocycles. The second-order valence-corrected chi connectivity index (χ2v) is 3.48. The van der Waals surface area contributed by atoms with E-state index in [9.17, 15) is 4.79 Å². The van der Waals surface area contributed by atoms with Crippen LogP contribution in [-0.4, -0.2) is 41.5 Å². The molecule has 1 unspecified atom stereocenters. The topological polar surface area (TPSA) is 114 Å². The molecule has 90 valence electrons. The van der Waals surface area contributed by atoms with Gasteiger partial charge in [0.1, 0.15) is 0 Å². The Morgan fingerprint density at radius 2 is 2.53 bits per heavy atom.